The molecule has 4 nitrogen and oxygen atoms in total. The van der Waals surface area contributed by atoms with Crippen LogP contribution in [0, 0.1) is 11.8 Å². The van der Waals surface area contributed by atoms with Crippen molar-refractivity contribution in [2.24, 2.45) is 11.8 Å². The highest BCUT2D eigenvalue weighted by Gasteiger charge is 2.31. The zero-order valence-corrected chi connectivity index (χ0v) is 13.9. The van der Waals surface area contributed by atoms with Gasteiger partial charge in [-0.1, -0.05) is 18.2 Å². The molecule has 2 aliphatic heterocycles. The van der Waals surface area contributed by atoms with Gasteiger partial charge in [0.2, 0.25) is 5.91 Å². The molecule has 2 saturated heterocycles. The highest BCUT2D eigenvalue weighted by Crippen LogP contribution is 2.27. The summed E-state index contributed by atoms with van der Waals surface area (Å²) in [5, 5.41) is 3.47. The van der Waals surface area contributed by atoms with Crippen molar-refractivity contribution in [1.29, 1.82) is 0 Å². The number of amides is 1. The van der Waals surface area contributed by atoms with Gasteiger partial charge < -0.3 is 15.0 Å². The topological polar surface area (TPSA) is 41.6 Å². The number of para-hydroxylation sites is 1. The maximum absolute atomic E-state index is 12.6. The number of methoxy groups -OCH3 is 1. The summed E-state index contributed by atoms with van der Waals surface area (Å²) in [7, 11) is 1.66. The number of fused-ring (bicyclic) bond motifs is 1. The monoisotopic (exact) mass is 324 g/mol. The quantitative estimate of drug-likeness (QED) is 0.926. The fraction of sp³-hybridized carbons (Fsp3) is 0.588. The number of halogens is 1. The van der Waals surface area contributed by atoms with Crippen molar-refractivity contribution >= 4 is 18.3 Å². The first-order valence-electron chi connectivity index (χ1n) is 7.88. The van der Waals surface area contributed by atoms with E-state index in [1.807, 2.05) is 29.2 Å². The van der Waals surface area contributed by atoms with Crippen molar-refractivity contribution < 1.29 is 9.53 Å². The van der Waals surface area contributed by atoms with Gasteiger partial charge in [0.1, 0.15) is 5.75 Å². The molecule has 122 valence electrons. The summed E-state index contributed by atoms with van der Waals surface area (Å²) in [6.45, 7) is 4.05. The van der Waals surface area contributed by atoms with Crippen molar-refractivity contribution in [3.63, 3.8) is 0 Å². The minimum Gasteiger partial charge on any atom is -0.496 e. The summed E-state index contributed by atoms with van der Waals surface area (Å²) in [6, 6.07) is 7.80. The number of likely N-dealkylation sites (tertiary alicyclic amines) is 1. The lowest BCUT2D eigenvalue weighted by Gasteiger charge is -2.21. The molecule has 0 aliphatic carbocycles. The van der Waals surface area contributed by atoms with Crippen LogP contribution in [0.25, 0.3) is 0 Å². The number of hydrogen-bond acceptors (Lipinski definition) is 3. The van der Waals surface area contributed by atoms with Crippen LogP contribution in [-0.4, -0.2) is 44.1 Å². The summed E-state index contributed by atoms with van der Waals surface area (Å²) in [4.78, 5) is 14.6. The number of carbonyl (C=O) groups is 1. The van der Waals surface area contributed by atoms with E-state index in [9.17, 15) is 4.79 Å². The van der Waals surface area contributed by atoms with Crippen LogP contribution in [0.2, 0.25) is 0 Å². The lowest BCUT2D eigenvalue weighted by atomic mass is 9.92. The third kappa shape index (κ3) is 3.73. The van der Waals surface area contributed by atoms with Crippen LogP contribution in [0.15, 0.2) is 24.3 Å². The molecule has 2 fully saturated rings. The minimum absolute atomic E-state index is 0. The van der Waals surface area contributed by atoms with E-state index in [-0.39, 0.29) is 18.3 Å². The number of rotatable bonds is 3. The molecule has 0 unspecified atom stereocenters. The van der Waals surface area contributed by atoms with Gasteiger partial charge in [0.25, 0.3) is 0 Å². The highest BCUT2D eigenvalue weighted by molar-refractivity contribution is 5.85. The Kier molecular flexibility index (Phi) is 6.09. The average molecular weight is 325 g/mol. The molecule has 1 amide bonds. The van der Waals surface area contributed by atoms with Crippen molar-refractivity contribution in [1.82, 2.24) is 10.2 Å². The maximum Gasteiger partial charge on any atom is 0.227 e. The van der Waals surface area contributed by atoms with Gasteiger partial charge >= 0.3 is 0 Å². The van der Waals surface area contributed by atoms with Crippen LogP contribution in [-0.2, 0) is 11.2 Å². The Morgan fingerprint density at radius 1 is 1.23 bits per heavy atom. The van der Waals surface area contributed by atoms with E-state index < -0.39 is 0 Å². The molecular formula is C17H25ClN2O2. The number of benzene rings is 1. The first-order valence-corrected chi connectivity index (χ1v) is 7.88. The summed E-state index contributed by atoms with van der Waals surface area (Å²) in [5.74, 6) is 2.55. The lowest BCUT2D eigenvalue weighted by molar-refractivity contribution is -0.130. The number of hydrogen-bond donors (Lipinski definition) is 1. The molecular weight excluding hydrogens is 300 g/mol. The van der Waals surface area contributed by atoms with E-state index in [1.165, 1.54) is 0 Å². The summed E-state index contributed by atoms with van der Waals surface area (Å²) in [5.41, 5.74) is 0.983. The van der Waals surface area contributed by atoms with Crippen molar-refractivity contribution in [2.75, 3.05) is 33.3 Å². The lowest BCUT2D eigenvalue weighted by Crippen LogP contribution is -2.34. The average Bonchev–Trinajstić information content (AvgIpc) is 2.86. The number of nitrogens with zero attached hydrogens (tertiary/aromatic N) is 1. The zero-order chi connectivity index (χ0) is 14.7. The molecule has 1 N–H and O–H groups in total. The third-order valence-electron chi connectivity index (χ3n) is 4.91. The molecule has 2 aliphatic rings. The largest absolute Gasteiger partial charge is 0.496 e. The van der Waals surface area contributed by atoms with Gasteiger partial charge in [-0.3, -0.25) is 4.79 Å². The van der Waals surface area contributed by atoms with E-state index in [0.717, 1.165) is 62.2 Å². The van der Waals surface area contributed by atoms with Gasteiger partial charge in [0.15, 0.2) is 0 Å². The highest BCUT2D eigenvalue weighted by atomic mass is 35.5. The second-order valence-corrected chi connectivity index (χ2v) is 6.13. The molecule has 0 spiro atoms. The molecule has 0 radical (unpaired) electrons. The zero-order valence-electron chi connectivity index (χ0n) is 13.1. The van der Waals surface area contributed by atoms with E-state index in [2.05, 4.69) is 5.32 Å². The van der Waals surface area contributed by atoms with Gasteiger partial charge in [-0.25, -0.2) is 0 Å². The molecule has 5 heteroatoms. The molecule has 1 aromatic carbocycles. The SMILES string of the molecule is COc1ccccc1CC(=O)N1CC[C@@H]2CNC[C@@H]2CC1.Cl. The van der Waals surface area contributed by atoms with Gasteiger partial charge in [-0.15, -0.1) is 12.4 Å². The van der Waals surface area contributed by atoms with E-state index >= 15 is 0 Å². The third-order valence-corrected chi connectivity index (χ3v) is 4.91. The normalized spacial score (nSPS) is 24.1. The van der Waals surface area contributed by atoms with Crippen molar-refractivity contribution in [3.8, 4) is 5.75 Å². The second kappa shape index (κ2) is 7.84. The van der Waals surface area contributed by atoms with Crippen LogP contribution >= 0.6 is 12.4 Å². The predicted octanol–water partition coefficient (Wildman–Crippen LogP) is 2.12. The maximum atomic E-state index is 12.6. The Morgan fingerprint density at radius 3 is 2.50 bits per heavy atom. The van der Waals surface area contributed by atoms with Crippen molar-refractivity contribution in [3.05, 3.63) is 29.8 Å². The number of ether oxygens (including phenoxy) is 1. The summed E-state index contributed by atoms with van der Waals surface area (Å²) >= 11 is 0. The van der Waals surface area contributed by atoms with E-state index in [0.29, 0.717) is 6.42 Å². The molecule has 2 atom stereocenters. The van der Waals surface area contributed by atoms with Crippen molar-refractivity contribution in [2.45, 2.75) is 19.3 Å². The molecule has 0 bridgehead atoms. The van der Waals surface area contributed by atoms with Gasteiger partial charge in [-0.05, 0) is 43.8 Å². The van der Waals surface area contributed by atoms with Gasteiger partial charge in [0, 0.05) is 18.7 Å². The van der Waals surface area contributed by atoms with Crippen LogP contribution < -0.4 is 10.1 Å². The fourth-order valence-electron chi connectivity index (χ4n) is 3.59. The first-order chi connectivity index (χ1) is 10.3. The van der Waals surface area contributed by atoms with E-state index in [4.69, 9.17) is 4.74 Å². The van der Waals surface area contributed by atoms with Gasteiger partial charge in [0.05, 0.1) is 13.5 Å². The molecule has 0 aromatic heterocycles. The summed E-state index contributed by atoms with van der Waals surface area (Å²) in [6.07, 6.45) is 2.71. The number of carbonyl (C=O) groups excluding carboxylic acids is 1. The summed E-state index contributed by atoms with van der Waals surface area (Å²) < 4.78 is 5.34. The Labute approximate surface area is 138 Å². The van der Waals surface area contributed by atoms with E-state index in [1.54, 1.807) is 7.11 Å². The van der Waals surface area contributed by atoms with Crippen LogP contribution in [0.4, 0.5) is 0 Å². The van der Waals surface area contributed by atoms with Crippen LogP contribution in [0.1, 0.15) is 18.4 Å². The fourth-order valence-corrected chi connectivity index (χ4v) is 3.59. The molecule has 1 aromatic rings. The molecule has 22 heavy (non-hydrogen) atoms. The Morgan fingerprint density at radius 2 is 1.86 bits per heavy atom. The first kappa shape index (κ1) is 17.1. The predicted molar refractivity (Wildman–Crippen MR) is 89.6 cm³/mol. The second-order valence-electron chi connectivity index (χ2n) is 6.13. The van der Waals surface area contributed by atoms with Crippen LogP contribution in [0.3, 0.4) is 0 Å². The number of nitrogens with one attached hydrogen (secondary N) is 1. The van der Waals surface area contributed by atoms with Gasteiger partial charge in [-0.2, -0.15) is 0 Å². The molecule has 0 saturated carbocycles. The van der Waals surface area contributed by atoms with Crippen LogP contribution in [0.5, 0.6) is 5.75 Å². The Hall–Kier alpha value is -1.26. The Balaban J connectivity index is 0.00000176. The Bertz CT molecular complexity index is 495. The molecule has 3 rings (SSSR count). The minimum atomic E-state index is 0. The molecule has 2 heterocycles. The smallest absolute Gasteiger partial charge is 0.227 e. The standard InChI is InChI=1S/C17H24N2O2.ClH/c1-21-16-5-3-2-4-13(16)10-17(20)19-8-6-14-11-18-12-15(14)7-9-19;/h2-5,14-15,18H,6-12H2,1H3;1H/t14-,15+;.